The predicted molar refractivity (Wildman–Crippen MR) is 93.4 cm³/mol. The first-order valence-electron chi connectivity index (χ1n) is 7.99. The van der Waals surface area contributed by atoms with Gasteiger partial charge in [0.25, 0.3) is 5.56 Å². The Kier molecular flexibility index (Phi) is 4.61. The third-order valence-corrected chi connectivity index (χ3v) is 3.76. The van der Waals surface area contributed by atoms with Gasteiger partial charge < -0.3 is 10.4 Å². The van der Waals surface area contributed by atoms with Gasteiger partial charge in [-0.15, -0.1) is 0 Å². The van der Waals surface area contributed by atoms with E-state index in [1.165, 1.54) is 6.20 Å². The van der Waals surface area contributed by atoms with Crippen LogP contribution in [-0.2, 0) is 0 Å². The fourth-order valence-corrected chi connectivity index (χ4v) is 2.69. The summed E-state index contributed by atoms with van der Waals surface area (Å²) >= 11 is 0. The summed E-state index contributed by atoms with van der Waals surface area (Å²) in [5, 5.41) is 17.3. The third-order valence-electron chi connectivity index (χ3n) is 3.76. The number of aliphatic hydroxyl groups is 1. The Bertz CT molecular complexity index is 870. The first-order valence-corrected chi connectivity index (χ1v) is 7.99. The maximum absolute atomic E-state index is 12.3. The van der Waals surface area contributed by atoms with E-state index in [4.69, 9.17) is 0 Å². The van der Waals surface area contributed by atoms with E-state index in [-0.39, 0.29) is 18.2 Å². The molecule has 0 aliphatic rings. The van der Waals surface area contributed by atoms with Crippen LogP contribution in [0.3, 0.4) is 0 Å². The molecule has 0 radical (unpaired) electrons. The first kappa shape index (κ1) is 16.2. The molecular formula is C17H21N5O2. The van der Waals surface area contributed by atoms with E-state index < -0.39 is 0 Å². The maximum Gasteiger partial charge on any atom is 0.263 e. The number of hydrogen-bond donors (Lipinski definition) is 3. The second-order valence-corrected chi connectivity index (χ2v) is 6.20. The molecular weight excluding hydrogens is 306 g/mol. The van der Waals surface area contributed by atoms with Crippen LogP contribution in [-0.4, -0.2) is 37.5 Å². The molecule has 7 heteroatoms. The SMILES string of the molecule is CC(C)CC(CO)Nc1nc2c(cnn2-c2ccccc2)c(=O)[nH]1. The molecule has 3 rings (SSSR count). The van der Waals surface area contributed by atoms with Crippen molar-refractivity contribution in [2.45, 2.75) is 26.3 Å². The molecule has 0 aliphatic heterocycles. The Morgan fingerprint density at radius 3 is 2.71 bits per heavy atom. The molecule has 3 N–H and O–H groups in total. The highest BCUT2D eigenvalue weighted by Gasteiger charge is 2.14. The standard InChI is InChI=1S/C17H21N5O2/c1-11(2)8-12(10-23)19-17-20-15-14(16(24)21-17)9-18-22(15)13-6-4-3-5-7-13/h3-7,9,11-12,23H,8,10H2,1-2H3,(H2,19,20,21,24). The highest BCUT2D eigenvalue weighted by molar-refractivity contribution is 5.76. The summed E-state index contributed by atoms with van der Waals surface area (Å²) in [6, 6.07) is 9.35. The number of nitrogens with zero attached hydrogens (tertiary/aromatic N) is 3. The lowest BCUT2D eigenvalue weighted by Crippen LogP contribution is -2.28. The van der Waals surface area contributed by atoms with Crippen molar-refractivity contribution in [3.8, 4) is 5.69 Å². The lowest BCUT2D eigenvalue weighted by molar-refractivity contribution is 0.259. The third kappa shape index (κ3) is 3.30. The van der Waals surface area contributed by atoms with Crippen LogP contribution in [0.1, 0.15) is 20.3 Å². The van der Waals surface area contributed by atoms with Crippen LogP contribution in [0.25, 0.3) is 16.7 Å². The van der Waals surface area contributed by atoms with Crippen LogP contribution < -0.4 is 10.9 Å². The van der Waals surface area contributed by atoms with Crippen molar-refractivity contribution in [3.05, 3.63) is 46.9 Å². The van der Waals surface area contributed by atoms with E-state index in [1.807, 2.05) is 30.3 Å². The molecule has 0 saturated carbocycles. The lowest BCUT2D eigenvalue weighted by Gasteiger charge is -2.18. The number of aromatic nitrogens is 4. The van der Waals surface area contributed by atoms with Crippen molar-refractivity contribution in [1.82, 2.24) is 19.7 Å². The largest absolute Gasteiger partial charge is 0.394 e. The molecule has 2 heterocycles. The van der Waals surface area contributed by atoms with Crippen LogP contribution in [0.4, 0.5) is 5.95 Å². The topological polar surface area (TPSA) is 95.8 Å². The van der Waals surface area contributed by atoms with Gasteiger partial charge in [0.2, 0.25) is 5.95 Å². The molecule has 1 atom stereocenters. The van der Waals surface area contributed by atoms with Gasteiger partial charge in [-0.3, -0.25) is 9.78 Å². The molecule has 7 nitrogen and oxygen atoms in total. The molecule has 24 heavy (non-hydrogen) atoms. The monoisotopic (exact) mass is 327 g/mol. The Balaban J connectivity index is 2.01. The number of nitrogens with one attached hydrogen (secondary N) is 2. The van der Waals surface area contributed by atoms with Crippen molar-refractivity contribution in [1.29, 1.82) is 0 Å². The van der Waals surface area contributed by atoms with E-state index >= 15 is 0 Å². The minimum atomic E-state index is -0.258. The Hall–Kier alpha value is -2.67. The Morgan fingerprint density at radius 1 is 1.29 bits per heavy atom. The molecule has 0 saturated heterocycles. The molecule has 0 fully saturated rings. The van der Waals surface area contributed by atoms with E-state index in [9.17, 15) is 9.90 Å². The average Bonchev–Trinajstić information content (AvgIpc) is 2.99. The van der Waals surface area contributed by atoms with Crippen molar-refractivity contribution in [2.75, 3.05) is 11.9 Å². The maximum atomic E-state index is 12.3. The second kappa shape index (κ2) is 6.84. The summed E-state index contributed by atoms with van der Waals surface area (Å²) in [5.41, 5.74) is 1.05. The van der Waals surface area contributed by atoms with Gasteiger partial charge in [-0.1, -0.05) is 32.0 Å². The van der Waals surface area contributed by atoms with Crippen molar-refractivity contribution in [2.24, 2.45) is 5.92 Å². The van der Waals surface area contributed by atoms with Gasteiger partial charge >= 0.3 is 0 Å². The minimum absolute atomic E-state index is 0.0299. The molecule has 1 unspecified atom stereocenters. The zero-order valence-electron chi connectivity index (χ0n) is 13.7. The zero-order valence-corrected chi connectivity index (χ0v) is 13.7. The molecule has 126 valence electrons. The van der Waals surface area contributed by atoms with Crippen LogP contribution in [0.15, 0.2) is 41.3 Å². The lowest BCUT2D eigenvalue weighted by atomic mass is 10.0. The van der Waals surface area contributed by atoms with Crippen LogP contribution in [0.2, 0.25) is 0 Å². The second-order valence-electron chi connectivity index (χ2n) is 6.20. The predicted octanol–water partition coefficient (Wildman–Crippen LogP) is 1.93. The van der Waals surface area contributed by atoms with Gasteiger partial charge in [0, 0.05) is 0 Å². The summed E-state index contributed by atoms with van der Waals surface area (Å²) in [6.07, 6.45) is 2.28. The highest BCUT2D eigenvalue weighted by Crippen LogP contribution is 2.15. The Morgan fingerprint density at radius 2 is 2.04 bits per heavy atom. The number of rotatable bonds is 6. The van der Waals surface area contributed by atoms with E-state index in [1.54, 1.807) is 4.68 Å². The van der Waals surface area contributed by atoms with E-state index in [0.717, 1.165) is 12.1 Å². The number of aliphatic hydroxyl groups excluding tert-OH is 1. The highest BCUT2D eigenvalue weighted by atomic mass is 16.3. The molecule has 3 aromatic rings. The number of benzene rings is 1. The van der Waals surface area contributed by atoms with Crippen molar-refractivity contribution in [3.63, 3.8) is 0 Å². The fraction of sp³-hybridized carbons (Fsp3) is 0.353. The van der Waals surface area contributed by atoms with Gasteiger partial charge in [-0.05, 0) is 24.5 Å². The van der Waals surface area contributed by atoms with Crippen molar-refractivity contribution >= 4 is 17.0 Å². The van der Waals surface area contributed by atoms with Gasteiger partial charge in [-0.25, -0.2) is 4.68 Å². The summed E-state index contributed by atoms with van der Waals surface area (Å²) in [5.74, 6) is 0.754. The van der Waals surface area contributed by atoms with Gasteiger partial charge in [-0.2, -0.15) is 10.1 Å². The molecule has 0 spiro atoms. The van der Waals surface area contributed by atoms with E-state index in [2.05, 4.69) is 34.2 Å². The molecule has 2 aromatic heterocycles. The smallest absolute Gasteiger partial charge is 0.263 e. The Labute approximate surface area is 139 Å². The first-order chi connectivity index (χ1) is 11.6. The van der Waals surface area contributed by atoms with Gasteiger partial charge in [0.1, 0.15) is 5.39 Å². The summed E-state index contributed by atoms with van der Waals surface area (Å²) in [7, 11) is 0. The van der Waals surface area contributed by atoms with Crippen LogP contribution in [0, 0.1) is 5.92 Å². The summed E-state index contributed by atoms with van der Waals surface area (Å²) in [4.78, 5) is 19.5. The van der Waals surface area contributed by atoms with Crippen LogP contribution in [0.5, 0.6) is 0 Å². The zero-order chi connectivity index (χ0) is 17.1. The van der Waals surface area contributed by atoms with E-state index in [0.29, 0.717) is 22.9 Å². The summed E-state index contributed by atoms with van der Waals surface area (Å²) in [6.45, 7) is 4.13. The number of anilines is 1. The van der Waals surface area contributed by atoms with Gasteiger partial charge in [0.05, 0.1) is 24.5 Å². The quantitative estimate of drug-likeness (QED) is 0.643. The molecule has 0 aliphatic carbocycles. The van der Waals surface area contributed by atoms with Gasteiger partial charge in [0.15, 0.2) is 5.65 Å². The molecule has 0 bridgehead atoms. The summed E-state index contributed by atoms with van der Waals surface area (Å²) < 4.78 is 1.63. The van der Waals surface area contributed by atoms with Crippen LogP contribution >= 0.6 is 0 Å². The molecule has 0 amide bonds. The normalized spacial score (nSPS) is 12.7. The number of H-pyrrole nitrogens is 1. The average molecular weight is 327 g/mol. The number of aromatic amines is 1. The van der Waals surface area contributed by atoms with Crippen molar-refractivity contribution < 1.29 is 5.11 Å². The number of hydrogen-bond acceptors (Lipinski definition) is 5. The number of para-hydroxylation sites is 1. The number of fused-ring (bicyclic) bond motifs is 1. The molecule has 1 aromatic carbocycles. The minimum Gasteiger partial charge on any atom is -0.394 e. The fourth-order valence-electron chi connectivity index (χ4n) is 2.69.